The molecule has 2 atom stereocenters. The number of aliphatic hydroxyl groups is 1. The van der Waals surface area contributed by atoms with Crippen LogP contribution in [0.5, 0.6) is 0 Å². The number of likely N-dealkylation sites (tertiary alicyclic amines) is 1. The number of amides is 1. The van der Waals surface area contributed by atoms with Crippen molar-refractivity contribution in [2.75, 3.05) is 60.5 Å². The number of hydrogen-bond acceptors (Lipinski definition) is 6. The van der Waals surface area contributed by atoms with Gasteiger partial charge in [0.2, 0.25) is 0 Å². The molecule has 1 amide bonds. The fourth-order valence-electron chi connectivity index (χ4n) is 3.61. The number of hydrogen-bond donors (Lipinski definition) is 1. The fraction of sp³-hybridized carbons (Fsp3) is 0.550. The molecule has 2 heterocycles. The zero-order chi connectivity index (χ0) is 20.1. The number of aromatic nitrogens is 3. The first kappa shape index (κ1) is 20.4. The molecule has 2 aromatic rings. The quantitative estimate of drug-likeness (QED) is 0.710. The molecule has 8 heteroatoms. The number of aliphatic hydroxyl groups excluding tert-OH is 1. The average Bonchev–Trinajstić information content (AvgIpc) is 3.34. The van der Waals surface area contributed by atoms with Crippen LogP contribution in [0.4, 0.5) is 0 Å². The maximum atomic E-state index is 12.9. The SMILES string of the molecule is CN(C)CCN(C)C[C@@H]1CN(C(=O)c2cn(-c3ccccc3)nn2)C[C@@H]1CO. The van der Waals surface area contributed by atoms with Gasteiger partial charge in [-0.05, 0) is 39.2 Å². The highest BCUT2D eigenvalue weighted by atomic mass is 16.3. The van der Waals surface area contributed by atoms with Gasteiger partial charge in [0, 0.05) is 45.2 Å². The molecule has 1 aromatic carbocycles. The third-order valence-electron chi connectivity index (χ3n) is 5.31. The minimum atomic E-state index is -0.126. The largest absolute Gasteiger partial charge is 0.396 e. The standard InChI is InChI=1S/C20H30N6O2/c1-23(2)9-10-24(3)11-16-12-25(13-17(16)15-27)20(28)19-14-26(22-21-19)18-7-5-4-6-8-18/h4-8,14,16-17,27H,9-13,15H2,1-3H3/t16-,17-/m1/s1. The van der Waals surface area contributed by atoms with E-state index in [0.717, 1.165) is 25.3 Å². The van der Waals surface area contributed by atoms with Crippen molar-refractivity contribution >= 4 is 5.91 Å². The van der Waals surface area contributed by atoms with Crippen LogP contribution >= 0.6 is 0 Å². The number of benzene rings is 1. The molecule has 1 N–H and O–H groups in total. The molecule has 1 saturated heterocycles. The van der Waals surface area contributed by atoms with Gasteiger partial charge in [0.05, 0.1) is 11.9 Å². The van der Waals surface area contributed by atoms with Gasteiger partial charge in [-0.25, -0.2) is 4.68 Å². The summed E-state index contributed by atoms with van der Waals surface area (Å²) >= 11 is 0. The minimum absolute atomic E-state index is 0.0900. The first-order valence-corrected chi connectivity index (χ1v) is 9.69. The lowest BCUT2D eigenvalue weighted by Gasteiger charge is -2.25. The predicted octanol–water partition coefficient (Wildman–Crippen LogP) is 0.441. The predicted molar refractivity (Wildman–Crippen MR) is 107 cm³/mol. The van der Waals surface area contributed by atoms with E-state index >= 15 is 0 Å². The lowest BCUT2D eigenvalue weighted by atomic mass is 9.96. The molecule has 1 aliphatic rings. The first-order chi connectivity index (χ1) is 13.5. The third kappa shape index (κ3) is 4.95. The minimum Gasteiger partial charge on any atom is -0.396 e. The van der Waals surface area contributed by atoms with Crippen LogP contribution in [0.3, 0.4) is 0 Å². The molecular formula is C20H30N6O2. The van der Waals surface area contributed by atoms with Gasteiger partial charge in [-0.3, -0.25) is 4.79 Å². The number of likely N-dealkylation sites (N-methyl/N-ethyl adjacent to an activating group) is 2. The molecule has 0 radical (unpaired) electrons. The highest BCUT2D eigenvalue weighted by Crippen LogP contribution is 2.25. The summed E-state index contributed by atoms with van der Waals surface area (Å²) in [5.74, 6) is 0.222. The number of carbonyl (C=O) groups excluding carboxylic acids is 1. The van der Waals surface area contributed by atoms with Crippen LogP contribution in [-0.2, 0) is 0 Å². The van der Waals surface area contributed by atoms with Gasteiger partial charge in [-0.15, -0.1) is 5.10 Å². The summed E-state index contributed by atoms with van der Waals surface area (Å²) in [6.07, 6.45) is 1.67. The van der Waals surface area contributed by atoms with Gasteiger partial charge in [-0.1, -0.05) is 23.4 Å². The van der Waals surface area contributed by atoms with E-state index in [4.69, 9.17) is 0 Å². The van der Waals surface area contributed by atoms with E-state index in [1.54, 1.807) is 15.8 Å². The average molecular weight is 387 g/mol. The molecular weight excluding hydrogens is 356 g/mol. The van der Waals surface area contributed by atoms with E-state index in [1.807, 2.05) is 30.3 Å². The number of carbonyl (C=O) groups is 1. The molecule has 1 aromatic heterocycles. The van der Waals surface area contributed by atoms with Crippen LogP contribution in [-0.4, -0.2) is 101 Å². The molecule has 8 nitrogen and oxygen atoms in total. The Kier molecular flexibility index (Phi) is 6.77. The van der Waals surface area contributed by atoms with Crippen molar-refractivity contribution in [3.8, 4) is 5.69 Å². The second-order valence-electron chi connectivity index (χ2n) is 7.86. The summed E-state index contributed by atoms with van der Waals surface area (Å²) in [5, 5.41) is 17.9. The number of rotatable bonds is 8. The van der Waals surface area contributed by atoms with Crippen LogP contribution in [0.1, 0.15) is 10.5 Å². The molecule has 0 bridgehead atoms. The second-order valence-corrected chi connectivity index (χ2v) is 7.86. The highest BCUT2D eigenvalue weighted by molar-refractivity contribution is 5.92. The van der Waals surface area contributed by atoms with E-state index < -0.39 is 0 Å². The van der Waals surface area contributed by atoms with Gasteiger partial charge in [0.15, 0.2) is 5.69 Å². The maximum absolute atomic E-state index is 12.9. The Morgan fingerprint density at radius 3 is 2.54 bits per heavy atom. The van der Waals surface area contributed by atoms with Gasteiger partial charge >= 0.3 is 0 Å². The van der Waals surface area contributed by atoms with E-state index in [1.165, 1.54) is 0 Å². The van der Waals surface area contributed by atoms with Gasteiger partial charge in [0.1, 0.15) is 0 Å². The highest BCUT2D eigenvalue weighted by Gasteiger charge is 2.36. The van der Waals surface area contributed by atoms with E-state index in [0.29, 0.717) is 18.8 Å². The Morgan fingerprint density at radius 1 is 1.14 bits per heavy atom. The summed E-state index contributed by atoms with van der Waals surface area (Å²) in [7, 11) is 6.21. The van der Waals surface area contributed by atoms with E-state index in [-0.39, 0.29) is 24.3 Å². The maximum Gasteiger partial charge on any atom is 0.276 e. The van der Waals surface area contributed by atoms with Gasteiger partial charge < -0.3 is 19.8 Å². The molecule has 1 fully saturated rings. The summed E-state index contributed by atoms with van der Waals surface area (Å²) in [6, 6.07) is 9.60. The third-order valence-corrected chi connectivity index (χ3v) is 5.31. The second kappa shape index (κ2) is 9.27. The Balaban J connectivity index is 1.62. The molecule has 152 valence electrons. The van der Waals surface area contributed by atoms with Gasteiger partial charge in [0.25, 0.3) is 5.91 Å². The fourth-order valence-corrected chi connectivity index (χ4v) is 3.61. The topological polar surface area (TPSA) is 77.7 Å². The summed E-state index contributed by atoms with van der Waals surface area (Å²) in [4.78, 5) is 19.1. The Labute approximate surface area is 166 Å². The van der Waals surface area contributed by atoms with Crippen LogP contribution in [0, 0.1) is 11.8 Å². The zero-order valence-corrected chi connectivity index (χ0v) is 16.9. The van der Waals surface area contributed by atoms with Crippen LogP contribution in [0.2, 0.25) is 0 Å². The van der Waals surface area contributed by atoms with Gasteiger partial charge in [-0.2, -0.15) is 0 Å². The van der Waals surface area contributed by atoms with Crippen LogP contribution in [0.25, 0.3) is 5.69 Å². The number of nitrogens with zero attached hydrogens (tertiary/aromatic N) is 6. The van der Waals surface area contributed by atoms with Crippen molar-refractivity contribution in [3.63, 3.8) is 0 Å². The molecule has 28 heavy (non-hydrogen) atoms. The van der Waals surface area contributed by atoms with Crippen molar-refractivity contribution in [1.82, 2.24) is 29.7 Å². The Hall–Kier alpha value is -2.29. The van der Waals surface area contributed by atoms with Crippen LogP contribution in [0.15, 0.2) is 36.5 Å². The first-order valence-electron chi connectivity index (χ1n) is 9.69. The monoisotopic (exact) mass is 386 g/mol. The van der Waals surface area contributed by atoms with Crippen molar-refractivity contribution in [3.05, 3.63) is 42.2 Å². The molecule has 0 aliphatic carbocycles. The molecule has 0 spiro atoms. The molecule has 0 saturated carbocycles. The normalized spacial score (nSPS) is 19.7. The summed E-state index contributed by atoms with van der Waals surface area (Å²) < 4.78 is 1.61. The summed E-state index contributed by atoms with van der Waals surface area (Å²) in [6.45, 7) is 4.08. The molecule has 1 aliphatic heterocycles. The summed E-state index contributed by atoms with van der Waals surface area (Å²) in [5.41, 5.74) is 1.20. The smallest absolute Gasteiger partial charge is 0.276 e. The van der Waals surface area contributed by atoms with Crippen molar-refractivity contribution < 1.29 is 9.90 Å². The molecule has 3 rings (SSSR count). The Bertz CT molecular complexity index is 763. The van der Waals surface area contributed by atoms with Crippen LogP contribution < -0.4 is 0 Å². The van der Waals surface area contributed by atoms with Crippen molar-refractivity contribution in [2.24, 2.45) is 11.8 Å². The number of para-hydroxylation sites is 1. The molecule has 0 unspecified atom stereocenters. The van der Waals surface area contributed by atoms with Crippen molar-refractivity contribution in [2.45, 2.75) is 0 Å². The lowest BCUT2D eigenvalue weighted by Crippen LogP contribution is -2.35. The zero-order valence-electron chi connectivity index (χ0n) is 16.9. The lowest BCUT2D eigenvalue weighted by molar-refractivity contribution is 0.0773. The van der Waals surface area contributed by atoms with Crippen molar-refractivity contribution in [1.29, 1.82) is 0 Å². The van der Waals surface area contributed by atoms with E-state index in [2.05, 4.69) is 41.3 Å². The Morgan fingerprint density at radius 2 is 1.86 bits per heavy atom. The van der Waals surface area contributed by atoms with E-state index in [9.17, 15) is 9.90 Å².